The molecule has 1 aromatic rings. The van der Waals surface area contributed by atoms with Crippen molar-refractivity contribution < 1.29 is 19.0 Å². The van der Waals surface area contributed by atoms with E-state index in [4.69, 9.17) is 19.9 Å². The molecule has 1 aliphatic carbocycles. The highest BCUT2D eigenvalue weighted by molar-refractivity contribution is 9.10. The molecule has 0 aromatic heterocycles. The number of nitrogens with zero attached hydrogens (tertiary/aromatic N) is 1. The van der Waals surface area contributed by atoms with Gasteiger partial charge in [-0.2, -0.15) is 5.26 Å². The molecule has 0 unspecified atom stereocenters. The highest BCUT2D eigenvalue weighted by atomic mass is 79.9. The van der Waals surface area contributed by atoms with Crippen molar-refractivity contribution in [3.63, 3.8) is 0 Å². The smallest absolute Gasteiger partial charge is 0.205 e. The van der Waals surface area contributed by atoms with Gasteiger partial charge in [0.1, 0.15) is 17.4 Å². The topological polar surface area (TPSA) is 94.6 Å². The summed E-state index contributed by atoms with van der Waals surface area (Å²) >= 11 is 3.59. The predicted molar refractivity (Wildman–Crippen MR) is 112 cm³/mol. The Bertz CT molecular complexity index is 956. The lowest BCUT2D eigenvalue weighted by atomic mass is 9.70. The van der Waals surface area contributed by atoms with E-state index >= 15 is 0 Å². The maximum absolute atomic E-state index is 13.1. The van der Waals surface area contributed by atoms with E-state index in [1.807, 2.05) is 39.8 Å². The van der Waals surface area contributed by atoms with Crippen LogP contribution in [0.3, 0.4) is 0 Å². The van der Waals surface area contributed by atoms with Crippen LogP contribution in [0.5, 0.6) is 11.5 Å². The molecule has 0 spiro atoms. The van der Waals surface area contributed by atoms with Crippen molar-refractivity contribution in [1.29, 1.82) is 5.26 Å². The summed E-state index contributed by atoms with van der Waals surface area (Å²) in [4.78, 5) is 13.1. The third-order valence-electron chi connectivity index (χ3n) is 5.05. The number of Topliss-reactive ketones (excluding diaryl/α,β-unsaturated/α-hetero) is 1. The lowest BCUT2D eigenvalue weighted by molar-refractivity contribution is -0.119. The fourth-order valence-electron chi connectivity index (χ4n) is 3.90. The van der Waals surface area contributed by atoms with Gasteiger partial charge >= 0.3 is 0 Å². The average molecular weight is 461 g/mol. The lowest BCUT2D eigenvalue weighted by Crippen LogP contribution is -2.33. The minimum Gasteiger partial charge on any atom is -0.490 e. The van der Waals surface area contributed by atoms with Crippen LogP contribution >= 0.6 is 15.9 Å². The molecule has 0 radical (unpaired) electrons. The van der Waals surface area contributed by atoms with E-state index in [-0.39, 0.29) is 22.7 Å². The van der Waals surface area contributed by atoms with Gasteiger partial charge < -0.3 is 19.9 Å². The number of rotatable bonds is 5. The summed E-state index contributed by atoms with van der Waals surface area (Å²) in [6.07, 6.45) is 0.966. The molecule has 6 nitrogen and oxygen atoms in total. The van der Waals surface area contributed by atoms with Crippen LogP contribution in [0.1, 0.15) is 52.0 Å². The molecule has 2 aliphatic rings. The van der Waals surface area contributed by atoms with Gasteiger partial charge in [-0.25, -0.2) is 0 Å². The molecule has 1 aromatic carbocycles. The molecule has 0 fully saturated rings. The van der Waals surface area contributed by atoms with Gasteiger partial charge in [0, 0.05) is 22.9 Å². The first kappa shape index (κ1) is 21.3. The number of ketones is 1. The first-order valence-electron chi connectivity index (χ1n) is 9.65. The number of ether oxygens (including phenoxy) is 3. The molecule has 7 heteroatoms. The second-order valence-corrected chi connectivity index (χ2v) is 8.74. The molecule has 1 atom stereocenters. The van der Waals surface area contributed by atoms with Gasteiger partial charge in [0.2, 0.25) is 5.88 Å². The Balaban J connectivity index is 2.22. The Kier molecular flexibility index (Phi) is 5.95. The van der Waals surface area contributed by atoms with Crippen molar-refractivity contribution in [2.45, 2.75) is 46.5 Å². The predicted octanol–water partition coefficient (Wildman–Crippen LogP) is 4.70. The summed E-state index contributed by atoms with van der Waals surface area (Å²) in [5, 5.41) is 9.80. The van der Waals surface area contributed by atoms with E-state index < -0.39 is 5.92 Å². The number of hydrogen-bond donors (Lipinski definition) is 1. The fraction of sp³-hybridized carbons (Fsp3) is 0.455. The molecule has 1 heterocycles. The van der Waals surface area contributed by atoms with E-state index in [2.05, 4.69) is 22.0 Å². The Morgan fingerprint density at radius 2 is 1.86 bits per heavy atom. The molecule has 3 rings (SSSR count). The maximum atomic E-state index is 13.1. The van der Waals surface area contributed by atoms with E-state index in [1.165, 1.54) is 0 Å². The van der Waals surface area contributed by atoms with Gasteiger partial charge in [-0.1, -0.05) is 29.8 Å². The SMILES string of the molecule is CCOc1cc(Br)c([C@@H]2C(C#N)=C(N)OC3=C2C(=O)CC(C)(C)C3)cc1OCC. The summed E-state index contributed by atoms with van der Waals surface area (Å²) in [7, 11) is 0. The minimum absolute atomic E-state index is 0.0276. The standard InChI is InChI=1S/C22H25BrN2O4/c1-5-27-16-7-12(14(23)8-17(16)28-6-2)19-13(11-24)21(25)29-18-10-22(3,4)9-15(26)20(18)19/h7-8,19H,5-6,9-10,25H2,1-4H3/t19-/m1/s1. The van der Waals surface area contributed by atoms with Crippen molar-refractivity contribution in [1.82, 2.24) is 0 Å². The van der Waals surface area contributed by atoms with Crippen LogP contribution in [0.15, 0.2) is 39.4 Å². The third kappa shape index (κ3) is 3.99. The van der Waals surface area contributed by atoms with Crippen LogP contribution in [-0.2, 0) is 9.53 Å². The summed E-state index contributed by atoms with van der Waals surface area (Å²) in [6.45, 7) is 8.77. The second-order valence-electron chi connectivity index (χ2n) is 7.89. The highest BCUT2D eigenvalue weighted by Crippen LogP contribution is 2.50. The first-order valence-corrected chi connectivity index (χ1v) is 10.4. The largest absolute Gasteiger partial charge is 0.490 e. The number of carbonyl (C=O) groups is 1. The molecule has 2 N–H and O–H groups in total. The minimum atomic E-state index is -0.614. The Morgan fingerprint density at radius 1 is 1.24 bits per heavy atom. The van der Waals surface area contributed by atoms with Gasteiger partial charge in [-0.3, -0.25) is 4.79 Å². The van der Waals surface area contributed by atoms with E-state index in [9.17, 15) is 10.1 Å². The van der Waals surface area contributed by atoms with Gasteiger partial charge in [0.25, 0.3) is 0 Å². The van der Waals surface area contributed by atoms with Gasteiger partial charge in [-0.05, 0) is 37.0 Å². The first-order chi connectivity index (χ1) is 13.7. The van der Waals surface area contributed by atoms with Crippen LogP contribution in [0.2, 0.25) is 0 Å². The third-order valence-corrected chi connectivity index (χ3v) is 5.74. The van der Waals surface area contributed by atoms with Gasteiger partial charge in [0.05, 0.1) is 19.1 Å². The zero-order chi connectivity index (χ0) is 21.3. The quantitative estimate of drug-likeness (QED) is 0.683. The fourth-order valence-corrected chi connectivity index (χ4v) is 4.46. The molecule has 154 valence electrons. The normalized spacial score (nSPS) is 20.7. The van der Waals surface area contributed by atoms with Crippen LogP contribution in [-0.4, -0.2) is 19.0 Å². The molecular weight excluding hydrogens is 436 g/mol. The number of nitrogens with two attached hydrogens (primary N) is 1. The van der Waals surface area contributed by atoms with Crippen molar-refractivity contribution in [2.24, 2.45) is 11.1 Å². The number of allylic oxidation sites excluding steroid dienone is 3. The number of halogens is 1. The van der Waals surface area contributed by atoms with Gasteiger partial charge in [-0.15, -0.1) is 0 Å². The summed E-state index contributed by atoms with van der Waals surface area (Å²) in [5.41, 5.74) is 7.33. The van der Waals surface area contributed by atoms with Crippen molar-refractivity contribution >= 4 is 21.7 Å². The summed E-state index contributed by atoms with van der Waals surface area (Å²) < 4.78 is 17.9. The second kappa shape index (κ2) is 8.11. The molecule has 0 bridgehead atoms. The number of nitriles is 1. The van der Waals surface area contributed by atoms with Crippen LogP contribution < -0.4 is 15.2 Å². The molecule has 0 saturated heterocycles. The molecular formula is C22H25BrN2O4. The van der Waals surface area contributed by atoms with E-state index in [0.717, 1.165) is 5.56 Å². The van der Waals surface area contributed by atoms with E-state index in [1.54, 1.807) is 0 Å². The molecule has 29 heavy (non-hydrogen) atoms. The molecule has 0 amide bonds. The number of benzene rings is 1. The van der Waals surface area contributed by atoms with E-state index in [0.29, 0.717) is 53.4 Å². The van der Waals surface area contributed by atoms with Gasteiger partial charge in [0.15, 0.2) is 17.3 Å². The van der Waals surface area contributed by atoms with Crippen molar-refractivity contribution in [2.75, 3.05) is 13.2 Å². The highest BCUT2D eigenvalue weighted by Gasteiger charge is 2.43. The zero-order valence-corrected chi connectivity index (χ0v) is 18.7. The summed E-state index contributed by atoms with van der Waals surface area (Å²) in [5.74, 6) is 1.10. The lowest BCUT2D eigenvalue weighted by Gasteiger charge is -2.37. The average Bonchev–Trinajstić information content (AvgIpc) is 2.62. The zero-order valence-electron chi connectivity index (χ0n) is 17.1. The summed E-state index contributed by atoms with van der Waals surface area (Å²) in [6, 6.07) is 5.77. The van der Waals surface area contributed by atoms with Crippen molar-refractivity contribution in [3.05, 3.63) is 45.0 Å². The van der Waals surface area contributed by atoms with Crippen LogP contribution in [0.4, 0.5) is 0 Å². The Morgan fingerprint density at radius 3 is 2.45 bits per heavy atom. The molecule has 1 aliphatic heterocycles. The maximum Gasteiger partial charge on any atom is 0.205 e. The molecule has 0 saturated carbocycles. The van der Waals surface area contributed by atoms with Crippen LogP contribution in [0.25, 0.3) is 0 Å². The monoisotopic (exact) mass is 460 g/mol. The number of carbonyl (C=O) groups excluding carboxylic acids is 1. The Hall–Kier alpha value is -2.46. The number of hydrogen-bond acceptors (Lipinski definition) is 6. The van der Waals surface area contributed by atoms with Crippen molar-refractivity contribution in [3.8, 4) is 17.6 Å². The Labute approximate surface area is 179 Å². The van der Waals surface area contributed by atoms with Crippen LogP contribution in [0, 0.1) is 16.7 Å².